The summed E-state index contributed by atoms with van der Waals surface area (Å²) in [5, 5.41) is 22.0. The van der Waals surface area contributed by atoms with Crippen LogP contribution in [0.3, 0.4) is 0 Å². The highest BCUT2D eigenvalue weighted by Gasteiger charge is 2.46. The second-order valence-electron chi connectivity index (χ2n) is 6.17. The highest BCUT2D eigenvalue weighted by atomic mass is 16.6. The van der Waals surface area contributed by atoms with E-state index in [1.54, 1.807) is 36.4 Å². The van der Waals surface area contributed by atoms with Crippen LogP contribution in [0.25, 0.3) is 0 Å². The third kappa shape index (κ3) is 2.82. The second kappa shape index (κ2) is 6.09. The van der Waals surface area contributed by atoms with Gasteiger partial charge in [0.1, 0.15) is 0 Å². The summed E-state index contributed by atoms with van der Waals surface area (Å²) in [6.45, 7) is 0. The molecular formula is C17H15N7O3. The van der Waals surface area contributed by atoms with Gasteiger partial charge >= 0.3 is 0 Å². The highest BCUT2D eigenvalue weighted by molar-refractivity contribution is 6.15. The van der Waals surface area contributed by atoms with Gasteiger partial charge in [-0.2, -0.15) is 10.2 Å². The Morgan fingerprint density at radius 2 is 1.78 bits per heavy atom. The number of non-ortho nitro benzene ring substituents is 1. The molecule has 0 aliphatic carbocycles. The zero-order valence-electron chi connectivity index (χ0n) is 14.0. The second-order valence-corrected chi connectivity index (χ2v) is 6.17. The molecule has 2 aromatic rings. The minimum atomic E-state index is -1.22. The van der Waals surface area contributed by atoms with E-state index in [2.05, 4.69) is 26.4 Å². The first kappa shape index (κ1) is 16.5. The molecule has 0 bridgehead atoms. The van der Waals surface area contributed by atoms with Crippen LogP contribution in [0.4, 0.5) is 11.4 Å². The third-order valence-electron chi connectivity index (χ3n) is 4.42. The van der Waals surface area contributed by atoms with Crippen LogP contribution < -0.4 is 21.9 Å². The van der Waals surface area contributed by atoms with Gasteiger partial charge in [0.15, 0.2) is 5.84 Å². The Labute approximate surface area is 153 Å². The van der Waals surface area contributed by atoms with Crippen LogP contribution in [0.5, 0.6) is 0 Å². The van der Waals surface area contributed by atoms with Crippen molar-refractivity contribution >= 4 is 28.8 Å². The molecule has 0 radical (unpaired) electrons. The number of nitrogens with two attached hydrogens (primary N) is 1. The summed E-state index contributed by atoms with van der Waals surface area (Å²) in [6.07, 6.45) is 0.220. The molecule has 1 atom stereocenters. The lowest BCUT2D eigenvalue weighted by molar-refractivity contribution is -0.384. The molecule has 10 heteroatoms. The van der Waals surface area contributed by atoms with E-state index in [1.165, 1.54) is 12.1 Å². The number of benzene rings is 2. The molecule has 1 amide bonds. The number of amidine groups is 1. The number of carbonyl (C=O) groups is 1. The number of anilines is 1. The molecule has 27 heavy (non-hydrogen) atoms. The molecule has 0 unspecified atom stereocenters. The number of amides is 1. The van der Waals surface area contributed by atoms with Crippen LogP contribution in [-0.2, 0) is 4.79 Å². The van der Waals surface area contributed by atoms with Gasteiger partial charge in [0, 0.05) is 29.8 Å². The molecule has 1 spiro atoms. The van der Waals surface area contributed by atoms with Gasteiger partial charge in [0.2, 0.25) is 5.66 Å². The van der Waals surface area contributed by atoms with E-state index < -0.39 is 10.6 Å². The summed E-state index contributed by atoms with van der Waals surface area (Å²) >= 11 is 0. The van der Waals surface area contributed by atoms with Gasteiger partial charge in [-0.3, -0.25) is 25.8 Å². The highest BCUT2D eigenvalue weighted by Crippen LogP contribution is 2.24. The molecule has 0 saturated heterocycles. The Hall–Kier alpha value is -3.95. The number of hydrazone groups is 2. The van der Waals surface area contributed by atoms with Crippen molar-refractivity contribution < 1.29 is 9.72 Å². The average molecular weight is 365 g/mol. The molecule has 136 valence electrons. The van der Waals surface area contributed by atoms with Crippen LogP contribution in [0, 0.1) is 10.1 Å². The third-order valence-corrected chi connectivity index (χ3v) is 4.42. The zero-order valence-corrected chi connectivity index (χ0v) is 14.0. The molecule has 0 aromatic heterocycles. The lowest BCUT2D eigenvalue weighted by Gasteiger charge is -2.31. The maximum absolute atomic E-state index is 12.7. The molecule has 2 heterocycles. The number of nitro benzene ring substituents is 1. The van der Waals surface area contributed by atoms with Crippen molar-refractivity contribution in [1.29, 1.82) is 0 Å². The number of carbonyl (C=O) groups excluding carboxylic acids is 1. The van der Waals surface area contributed by atoms with Crippen molar-refractivity contribution in [3.8, 4) is 0 Å². The van der Waals surface area contributed by atoms with E-state index >= 15 is 0 Å². The predicted octanol–water partition coefficient (Wildman–Crippen LogP) is 0.652. The predicted molar refractivity (Wildman–Crippen MR) is 98.8 cm³/mol. The lowest BCUT2D eigenvalue weighted by Crippen LogP contribution is -2.65. The Bertz CT molecular complexity index is 1000. The van der Waals surface area contributed by atoms with E-state index in [0.717, 1.165) is 0 Å². The van der Waals surface area contributed by atoms with Crippen molar-refractivity contribution in [2.24, 2.45) is 10.2 Å². The minimum absolute atomic E-state index is 0.0109. The van der Waals surface area contributed by atoms with Crippen LogP contribution in [0.15, 0.2) is 58.7 Å². The summed E-state index contributed by atoms with van der Waals surface area (Å²) in [4.78, 5) is 23.0. The Morgan fingerprint density at radius 1 is 1.07 bits per heavy atom. The maximum Gasteiger partial charge on any atom is 0.275 e. The summed E-state index contributed by atoms with van der Waals surface area (Å²) in [5.74, 6) is -0.0225. The van der Waals surface area contributed by atoms with Crippen molar-refractivity contribution in [1.82, 2.24) is 16.2 Å². The quantitative estimate of drug-likeness (QED) is 0.357. The van der Waals surface area contributed by atoms with E-state index in [0.29, 0.717) is 28.4 Å². The van der Waals surface area contributed by atoms with E-state index in [-0.39, 0.29) is 18.0 Å². The van der Waals surface area contributed by atoms with E-state index in [4.69, 9.17) is 5.73 Å². The first-order valence-corrected chi connectivity index (χ1v) is 8.08. The fourth-order valence-electron chi connectivity index (χ4n) is 2.92. The van der Waals surface area contributed by atoms with E-state index in [1.807, 2.05) is 0 Å². The molecule has 5 N–H and O–H groups in total. The van der Waals surface area contributed by atoms with Crippen LogP contribution >= 0.6 is 0 Å². The van der Waals surface area contributed by atoms with Gasteiger partial charge in [0.25, 0.3) is 11.6 Å². The van der Waals surface area contributed by atoms with Crippen molar-refractivity contribution in [2.75, 3.05) is 5.73 Å². The molecule has 10 nitrogen and oxygen atoms in total. The number of rotatable bonds is 3. The van der Waals surface area contributed by atoms with Crippen LogP contribution in [0.1, 0.15) is 17.5 Å². The summed E-state index contributed by atoms with van der Waals surface area (Å²) in [6, 6.07) is 13.1. The summed E-state index contributed by atoms with van der Waals surface area (Å²) in [7, 11) is 0. The van der Waals surface area contributed by atoms with Crippen molar-refractivity contribution in [3.05, 3.63) is 69.8 Å². The fourth-order valence-corrected chi connectivity index (χ4v) is 2.92. The van der Waals surface area contributed by atoms with Gasteiger partial charge in [-0.25, -0.2) is 0 Å². The summed E-state index contributed by atoms with van der Waals surface area (Å²) in [5.41, 5.74) is 12.7. The normalized spacial score (nSPS) is 21.0. The summed E-state index contributed by atoms with van der Waals surface area (Å²) < 4.78 is 0. The van der Waals surface area contributed by atoms with Gasteiger partial charge in [-0.1, -0.05) is 12.1 Å². The lowest BCUT2D eigenvalue weighted by atomic mass is 9.98. The van der Waals surface area contributed by atoms with Crippen molar-refractivity contribution in [2.45, 2.75) is 12.1 Å². The average Bonchev–Trinajstić information content (AvgIpc) is 3.10. The zero-order chi connectivity index (χ0) is 19.0. The van der Waals surface area contributed by atoms with Gasteiger partial charge in [-0.05, 0) is 29.8 Å². The maximum atomic E-state index is 12.7. The molecule has 4 rings (SSSR count). The number of para-hydroxylation sites is 1. The number of nitrogens with one attached hydrogen (secondary N) is 3. The molecule has 0 fully saturated rings. The minimum Gasteiger partial charge on any atom is -0.398 e. The number of hydrogen-bond acceptors (Lipinski definition) is 8. The van der Waals surface area contributed by atoms with Gasteiger partial charge in [0.05, 0.1) is 10.6 Å². The van der Waals surface area contributed by atoms with Gasteiger partial charge in [-0.15, -0.1) is 0 Å². The topological polar surface area (TPSA) is 147 Å². The number of nitro groups is 1. The molecule has 2 aliphatic heterocycles. The monoisotopic (exact) mass is 365 g/mol. The Balaban J connectivity index is 1.54. The molecular weight excluding hydrogens is 350 g/mol. The number of hydrogen-bond donors (Lipinski definition) is 4. The molecule has 2 aromatic carbocycles. The standard InChI is InChI=1S/C17H15N7O3/c18-13-4-2-1-3-12(13)15-19-16(25)17(23-21-15)9-14(20-22-17)10-5-7-11(8-6-10)24(26)27/h1-8,22-23H,9,18H2,(H,19,21,25)/t17-/m0/s1. The van der Waals surface area contributed by atoms with Crippen LogP contribution in [-0.4, -0.2) is 28.0 Å². The SMILES string of the molecule is Nc1ccccc1C1=NN[C@@]2(CC(c3ccc([N+](=O)[O-])cc3)=NN2)C(=O)N1. The van der Waals surface area contributed by atoms with Crippen LogP contribution in [0.2, 0.25) is 0 Å². The fraction of sp³-hybridized carbons (Fsp3) is 0.118. The first-order valence-electron chi connectivity index (χ1n) is 8.08. The first-order chi connectivity index (χ1) is 13.0. The Kier molecular flexibility index (Phi) is 3.73. The van der Waals surface area contributed by atoms with Gasteiger partial charge < -0.3 is 11.1 Å². The largest absolute Gasteiger partial charge is 0.398 e. The Morgan fingerprint density at radius 3 is 2.44 bits per heavy atom. The smallest absolute Gasteiger partial charge is 0.275 e. The van der Waals surface area contributed by atoms with E-state index in [9.17, 15) is 14.9 Å². The molecule has 2 aliphatic rings. The number of nitrogen functional groups attached to an aromatic ring is 1. The molecule has 0 saturated carbocycles. The number of nitrogens with zero attached hydrogens (tertiary/aromatic N) is 3. The van der Waals surface area contributed by atoms with Crippen molar-refractivity contribution in [3.63, 3.8) is 0 Å².